The largest absolute Gasteiger partial charge is 0.336 e. The van der Waals surface area contributed by atoms with Crippen molar-refractivity contribution in [1.29, 1.82) is 0 Å². The molecule has 4 rings (SSSR count). The van der Waals surface area contributed by atoms with Crippen LogP contribution in [0.1, 0.15) is 53.4 Å². The molecule has 0 bridgehead atoms. The lowest BCUT2D eigenvalue weighted by atomic mass is 9.77. The van der Waals surface area contributed by atoms with Crippen molar-refractivity contribution in [1.82, 2.24) is 24.6 Å². The monoisotopic (exact) mass is 347 g/mol. The number of rotatable bonds is 2. The van der Waals surface area contributed by atoms with Crippen LogP contribution in [-0.4, -0.2) is 43.6 Å². The third kappa shape index (κ3) is 2.69. The van der Waals surface area contributed by atoms with Crippen LogP contribution < -0.4 is 0 Å². The van der Waals surface area contributed by atoms with Crippen molar-refractivity contribution in [3.05, 3.63) is 41.2 Å². The van der Waals surface area contributed by atoms with Crippen LogP contribution in [0.25, 0.3) is 0 Å². The van der Waals surface area contributed by atoms with Crippen LogP contribution in [-0.2, 0) is 11.8 Å². The average molecular weight is 347 g/mol. The maximum Gasteiger partial charge on any atom is 0.333 e. The van der Waals surface area contributed by atoms with Gasteiger partial charge < -0.3 is 4.90 Å². The van der Waals surface area contributed by atoms with E-state index in [9.17, 15) is 13.6 Å². The number of piperidine rings is 1. The smallest absolute Gasteiger partial charge is 0.333 e. The summed E-state index contributed by atoms with van der Waals surface area (Å²) in [5, 5.41) is 3.71. The van der Waals surface area contributed by atoms with Gasteiger partial charge >= 0.3 is 6.55 Å². The van der Waals surface area contributed by atoms with E-state index < -0.39 is 6.55 Å². The summed E-state index contributed by atoms with van der Waals surface area (Å²) in [4.78, 5) is 23.4. The van der Waals surface area contributed by atoms with Gasteiger partial charge in [-0.2, -0.15) is 13.9 Å². The summed E-state index contributed by atoms with van der Waals surface area (Å²) in [5.41, 5.74) is 2.12. The number of aromatic nitrogens is 4. The zero-order valence-corrected chi connectivity index (χ0v) is 14.0. The Morgan fingerprint density at radius 2 is 2.20 bits per heavy atom. The molecule has 0 radical (unpaired) electrons. The number of alkyl halides is 2. The molecule has 25 heavy (non-hydrogen) atoms. The van der Waals surface area contributed by atoms with Gasteiger partial charge in [-0.05, 0) is 44.2 Å². The van der Waals surface area contributed by atoms with Crippen molar-refractivity contribution in [3.8, 4) is 0 Å². The Bertz CT molecular complexity index is 817. The fraction of sp³-hybridized carbons (Fsp3) is 0.529. The molecule has 2 aromatic heterocycles. The number of fused-ring (bicyclic) bond motifs is 2. The summed E-state index contributed by atoms with van der Waals surface area (Å²) in [6, 6.07) is 1.35. The van der Waals surface area contributed by atoms with Gasteiger partial charge in [-0.15, -0.1) is 0 Å². The Labute approximate surface area is 143 Å². The average Bonchev–Trinajstić information content (AvgIpc) is 3.21. The molecule has 1 saturated heterocycles. The summed E-state index contributed by atoms with van der Waals surface area (Å²) in [5.74, 6) is 0.442. The molecule has 3 heterocycles. The summed E-state index contributed by atoms with van der Waals surface area (Å²) in [6.45, 7) is 0.295. The number of nitrogens with zero attached hydrogens (tertiary/aromatic N) is 5. The van der Waals surface area contributed by atoms with Crippen LogP contribution in [0.15, 0.2) is 18.5 Å². The second kappa shape index (κ2) is 5.86. The van der Waals surface area contributed by atoms with E-state index in [4.69, 9.17) is 0 Å². The van der Waals surface area contributed by atoms with Gasteiger partial charge in [0.1, 0.15) is 5.82 Å². The lowest BCUT2D eigenvalue weighted by Gasteiger charge is -2.40. The lowest BCUT2D eigenvalue weighted by molar-refractivity contribution is 0.0534. The van der Waals surface area contributed by atoms with Crippen LogP contribution in [0.2, 0.25) is 0 Å². The predicted octanol–water partition coefficient (Wildman–Crippen LogP) is 2.50. The van der Waals surface area contributed by atoms with Crippen LogP contribution in [0, 0.1) is 6.92 Å². The van der Waals surface area contributed by atoms with Gasteiger partial charge in [-0.25, -0.2) is 14.6 Å². The normalized spacial score (nSPS) is 22.6. The second-order valence-corrected chi connectivity index (χ2v) is 6.86. The molecule has 6 nitrogen and oxygen atoms in total. The van der Waals surface area contributed by atoms with E-state index in [-0.39, 0.29) is 17.0 Å². The van der Waals surface area contributed by atoms with E-state index in [1.54, 1.807) is 4.90 Å². The predicted molar refractivity (Wildman–Crippen MR) is 85.4 cm³/mol. The van der Waals surface area contributed by atoms with E-state index in [0.717, 1.165) is 49.0 Å². The molecule has 1 aliphatic carbocycles. The first-order valence-corrected chi connectivity index (χ1v) is 8.44. The van der Waals surface area contributed by atoms with Crippen LogP contribution in [0.3, 0.4) is 0 Å². The highest BCUT2D eigenvalue weighted by molar-refractivity contribution is 5.92. The number of amides is 1. The zero-order chi connectivity index (χ0) is 17.6. The Morgan fingerprint density at radius 1 is 1.36 bits per heavy atom. The van der Waals surface area contributed by atoms with Crippen molar-refractivity contribution in [2.75, 3.05) is 13.1 Å². The number of hydrogen-bond donors (Lipinski definition) is 0. The van der Waals surface area contributed by atoms with E-state index in [2.05, 4.69) is 15.1 Å². The van der Waals surface area contributed by atoms with Gasteiger partial charge in [0.15, 0.2) is 5.69 Å². The standard InChI is InChI=1S/C17H19F2N5O/c1-11-20-9-12-3-6-17(14(12)21-11)5-2-7-23(10-17)15(25)13-4-8-24(22-13)16(18)19/h4,8-9,16H,2-3,5-7,10H2,1H3. The molecule has 132 valence electrons. The topological polar surface area (TPSA) is 63.9 Å². The van der Waals surface area contributed by atoms with Gasteiger partial charge in [-0.1, -0.05) is 0 Å². The maximum absolute atomic E-state index is 12.7. The third-order valence-corrected chi connectivity index (χ3v) is 5.25. The second-order valence-electron chi connectivity index (χ2n) is 6.86. The Kier molecular flexibility index (Phi) is 3.77. The Hall–Kier alpha value is -2.38. The lowest BCUT2D eigenvalue weighted by Crippen LogP contribution is -2.48. The first-order valence-electron chi connectivity index (χ1n) is 8.44. The zero-order valence-electron chi connectivity index (χ0n) is 14.0. The molecule has 1 spiro atoms. The van der Waals surface area contributed by atoms with E-state index in [1.165, 1.54) is 6.07 Å². The highest BCUT2D eigenvalue weighted by atomic mass is 19.3. The minimum atomic E-state index is -2.74. The summed E-state index contributed by atoms with van der Waals surface area (Å²) in [7, 11) is 0. The molecule has 1 amide bonds. The number of halogens is 2. The fourth-order valence-corrected chi connectivity index (χ4v) is 4.05. The molecule has 2 aliphatic rings. The maximum atomic E-state index is 12.7. The van der Waals surface area contributed by atoms with Crippen molar-refractivity contribution >= 4 is 5.91 Å². The van der Waals surface area contributed by atoms with Gasteiger partial charge in [-0.3, -0.25) is 4.79 Å². The number of hydrogen-bond acceptors (Lipinski definition) is 4. The molecular weight excluding hydrogens is 328 g/mol. The number of carbonyl (C=O) groups excluding carboxylic acids is 1. The van der Waals surface area contributed by atoms with Gasteiger partial charge in [0.2, 0.25) is 0 Å². The van der Waals surface area contributed by atoms with E-state index >= 15 is 0 Å². The molecule has 1 aliphatic heterocycles. The molecular formula is C17H19F2N5O. The van der Waals surface area contributed by atoms with Crippen molar-refractivity contribution in [3.63, 3.8) is 0 Å². The van der Waals surface area contributed by atoms with Crippen molar-refractivity contribution in [2.45, 2.75) is 44.6 Å². The van der Waals surface area contributed by atoms with Crippen molar-refractivity contribution < 1.29 is 13.6 Å². The summed E-state index contributed by atoms with van der Waals surface area (Å²) in [6.07, 6.45) is 6.72. The Morgan fingerprint density at radius 3 is 2.96 bits per heavy atom. The molecule has 1 atom stereocenters. The molecule has 0 N–H and O–H groups in total. The molecule has 0 aromatic carbocycles. The van der Waals surface area contributed by atoms with E-state index in [0.29, 0.717) is 17.8 Å². The quantitative estimate of drug-likeness (QED) is 0.837. The highest BCUT2D eigenvalue weighted by Gasteiger charge is 2.44. The Balaban J connectivity index is 1.60. The van der Waals surface area contributed by atoms with Crippen molar-refractivity contribution in [2.24, 2.45) is 0 Å². The number of carbonyl (C=O) groups is 1. The third-order valence-electron chi connectivity index (χ3n) is 5.25. The van der Waals surface area contributed by atoms with E-state index in [1.807, 2.05) is 13.1 Å². The molecule has 2 aromatic rings. The first-order chi connectivity index (χ1) is 12.0. The molecule has 1 unspecified atom stereocenters. The van der Waals surface area contributed by atoms with Gasteiger partial charge in [0.25, 0.3) is 5.91 Å². The minimum absolute atomic E-state index is 0.0643. The summed E-state index contributed by atoms with van der Waals surface area (Å²) >= 11 is 0. The molecule has 8 heteroatoms. The van der Waals surface area contributed by atoms with Gasteiger partial charge in [0, 0.05) is 30.9 Å². The van der Waals surface area contributed by atoms with Crippen LogP contribution in [0.4, 0.5) is 8.78 Å². The molecule has 0 saturated carbocycles. The van der Waals surface area contributed by atoms with Gasteiger partial charge in [0.05, 0.1) is 5.69 Å². The fourth-order valence-electron chi connectivity index (χ4n) is 4.05. The molecule has 1 fully saturated rings. The summed E-state index contributed by atoms with van der Waals surface area (Å²) < 4.78 is 25.9. The minimum Gasteiger partial charge on any atom is -0.336 e. The highest BCUT2D eigenvalue weighted by Crippen LogP contribution is 2.44. The SMILES string of the molecule is Cc1ncc2c(n1)C1(CCCN(C(=O)c3ccn(C(F)F)n3)C1)CC2. The van der Waals surface area contributed by atoms with Crippen LogP contribution >= 0.6 is 0 Å². The van der Waals surface area contributed by atoms with Crippen LogP contribution in [0.5, 0.6) is 0 Å². The first kappa shape index (κ1) is 16.1. The number of likely N-dealkylation sites (tertiary alicyclic amines) is 1. The number of aryl methyl sites for hydroxylation is 2.